The molecule has 0 bridgehead atoms. The summed E-state index contributed by atoms with van der Waals surface area (Å²) in [5.74, 6) is 1.61. The van der Waals surface area contributed by atoms with E-state index >= 15 is 0 Å². The van der Waals surface area contributed by atoms with Gasteiger partial charge >= 0.3 is 0 Å². The lowest BCUT2D eigenvalue weighted by atomic mass is 9.60. The van der Waals surface area contributed by atoms with E-state index in [4.69, 9.17) is 9.84 Å². The third kappa shape index (κ3) is 6.51. The van der Waals surface area contributed by atoms with Crippen LogP contribution in [-0.2, 0) is 4.74 Å². The molecule has 0 spiro atoms. The molecule has 8 atom stereocenters. The largest absolute Gasteiger partial charge is 0.396 e. The van der Waals surface area contributed by atoms with Crippen molar-refractivity contribution in [1.29, 1.82) is 0 Å². The topological polar surface area (TPSA) is 110 Å². The van der Waals surface area contributed by atoms with Gasteiger partial charge in [-0.15, -0.1) is 0 Å². The Morgan fingerprint density at radius 2 is 1.92 bits per heavy atom. The van der Waals surface area contributed by atoms with Gasteiger partial charge in [-0.2, -0.15) is 0 Å². The van der Waals surface area contributed by atoms with Gasteiger partial charge in [0, 0.05) is 19.6 Å². The monoisotopic (exact) mass is 506 g/mol. The molecule has 0 heterocycles. The predicted molar refractivity (Wildman–Crippen MR) is 142 cm³/mol. The Hall–Kier alpha value is -1.02. The number of aliphatic hydroxyl groups is 5. The molecule has 3 aliphatic rings. The Morgan fingerprint density at radius 3 is 2.58 bits per heavy atom. The average molecular weight is 507 g/mol. The molecule has 3 fully saturated rings. The molecule has 206 valence electrons. The minimum absolute atomic E-state index is 0.0150. The Balaban J connectivity index is 1.68. The first-order chi connectivity index (χ1) is 16.9. The Bertz CT molecular complexity index is 811. The lowest BCUT2D eigenvalue weighted by Crippen LogP contribution is -2.45. The van der Waals surface area contributed by atoms with E-state index in [2.05, 4.69) is 32.6 Å². The first-order valence-corrected chi connectivity index (χ1v) is 14.0. The Morgan fingerprint density at radius 1 is 1.19 bits per heavy atom. The second-order valence-electron chi connectivity index (χ2n) is 12.4. The molecule has 0 amide bonds. The molecular formula is C30H50O6. The molecule has 5 N–H and O–H groups in total. The summed E-state index contributed by atoms with van der Waals surface area (Å²) in [5, 5.41) is 50.7. The van der Waals surface area contributed by atoms with Gasteiger partial charge in [0.05, 0.1) is 17.8 Å². The van der Waals surface area contributed by atoms with Crippen LogP contribution < -0.4 is 0 Å². The van der Waals surface area contributed by atoms with Crippen LogP contribution in [0.4, 0.5) is 0 Å². The van der Waals surface area contributed by atoms with Gasteiger partial charge in [0.1, 0.15) is 12.2 Å². The first kappa shape index (κ1) is 29.5. The van der Waals surface area contributed by atoms with E-state index in [1.54, 1.807) is 13.8 Å². The van der Waals surface area contributed by atoms with Gasteiger partial charge in [-0.25, -0.2) is 0 Å². The van der Waals surface area contributed by atoms with E-state index in [1.165, 1.54) is 24.8 Å². The van der Waals surface area contributed by atoms with Crippen LogP contribution in [0.3, 0.4) is 0 Å². The van der Waals surface area contributed by atoms with Crippen molar-refractivity contribution in [1.82, 2.24) is 0 Å². The number of hydrogen-bond acceptors (Lipinski definition) is 6. The number of fused-ring (bicyclic) bond motifs is 1. The quantitative estimate of drug-likeness (QED) is 0.286. The predicted octanol–water partition coefficient (Wildman–Crippen LogP) is 4.05. The maximum atomic E-state index is 10.7. The minimum atomic E-state index is -1.06. The molecular weight excluding hydrogens is 456 g/mol. The molecule has 1 unspecified atom stereocenters. The molecule has 6 heteroatoms. The minimum Gasteiger partial charge on any atom is -0.396 e. The van der Waals surface area contributed by atoms with Crippen molar-refractivity contribution in [2.75, 3.05) is 13.2 Å². The first-order valence-electron chi connectivity index (χ1n) is 14.0. The number of ether oxygens (including phenoxy) is 1. The van der Waals surface area contributed by atoms with Crippen molar-refractivity contribution in [3.8, 4) is 0 Å². The van der Waals surface area contributed by atoms with E-state index in [-0.39, 0.29) is 12.0 Å². The van der Waals surface area contributed by atoms with E-state index in [1.807, 2.05) is 0 Å². The lowest BCUT2D eigenvalue weighted by molar-refractivity contribution is -0.0968. The van der Waals surface area contributed by atoms with Crippen molar-refractivity contribution < 1.29 is 30.3 Å². The number of hydrogen-bond donors (Lipinski definition) is 5. The molecule has 36 heavy (non-hydrogen) atoms. The van der Waals surface area contributed by atoms with Crippen LogP contribution in [0.5, 0.6) is 0 Å². The van der Waals surface area contributed by atoms with Gasteiger partial charge in [-0.1, -0.05) is 38.2 Å². The summed E-state index contributed by atoms with van der Waals surface area (Å²) in [6.07, 6.45) is 9.31. The summed E-state index contributed by atoms with van der Waals surface area (Å²) in [6.45, 7) is 12.5. The molecule has 0 aromatic carbocycles. The highest BCUT2D eigenvalue weighted by Gasteiger charge is 2.50. The zero-order chi connectivity index (χ0) is 26.7. The average Bonchev–Trinajstić information content (AvgIpc) is 3.17. The zero-order valence-electron chi connectivity index (χ0n) is 22.8. The number of allylic oxidation sites excluding steroid dienone is 3. The van der Waals surface area contributed by atoms with Crippen molar-refractivity contribution >= 4 is 0 Å². The summed E-state index contributed by atoms with van der Waals surface area (Å²) in [7, 11) is 0. The fourth-order valence-electron chi connectivity index (χ4n) is 7.13. The highest BCUT2D eigenvalue weighted by Crippen LogP contribution is 2.60. The third-order valence-electron chi connectivity index (χ3n) is 9.44. The van der Waals surface area contributed by atoms with Crippen molar-refractivity contribution in [3.63, 3.8) is 0 Å². The van der Waals surface area contributed by atoms with Crippen LogP contribution in [-0.4, -0.2) is 68.8 Å². The Kier molecular flexibility index (Phi) is 10.0. The van der Waals surface area contributed by atoms with E-state index in [0.717, 1.165) is 24.8 Å². The summed E-state index contributed by atoms with van der Waals surface area (Å²) >= 11 is 0. The van der Waals surface area contributed by atoms with Crippen molar-refractivity contribution in [3.05, 3.63) is 35.5 Å². The molecule has 0 aromatic heterocycles. The van der Waals surface area contributed by atoms with Gasteiger partial charge in [0.15, 0.2) is 0 Å². The molecule has 0 aliphatic heterocycles. The molecule has 6 nitrogen and oxygen atoms in total. The Labute approximate surface area is 217 Å². The zero-order valence-corrected chi connectivity index (χ0v) is 22.8. The molecule has 3 rings (SSSR count). The summed E-state index contributed by atoms with van der Waals surface area (Å²) in [4.78, 5) is 0. The van der Waals surface area contributed by atoms with Crippen molar-refractivity contribution in [2.24, 2.45) is 23.2 Å². The second kappa shape index (κ2) is 12.2. The standard InChI is InChI=1S/C30H50O6/c1-19(9-14-26(33)29(3,4)35)23-12-13-24-21(8-6-15-30(23,24)5)10-11-22-18-25(32)28(27(34)20(22)2)36-17-7-16-31/h10-11,19,23-28,31-35H,2,6-9,12-18H2,1,3-5H3/b21-10+,22-11-/t19-,23-,24?,25-,26-,27-,28-,30-/m1/s1. The highest BCUT2D eigenvalue weighted by molar-refractivity contribution is 5.40. The lowest BCUT2D eigenvalue weighted by Gasteiger charge is -2.44. The summed E-state index contributed by atoms with van der Waals surface area (Å²) in [5.41, 5.74) is 2.11. The van der Waals surface area contributed by atoms with Crippen LogP contribution in [0.1, 0.15) is 85.5 Å². The number of aliphatic hydroxyl groups excluding tert-OH is 4. The second-order valence-corrected chi connectivity index (χ2v) is 12.4. The molecule has 0 saturated heterocycles. The highest BCUT2D eigenvalue weighted by atomic mass is 16.5. The molecule has 3 aliphatic carbocycles. The van der Waals surface area contributed by atoms with Gasteiger partial charge < -0.3 is 30.3 Å². The fourth-order valence-corrected chi connectivity index (χ4v) is 7.13. The number of rotatable bonds is 10. The van der Waals surface area contributed by atoms with Crippen LogP contribution >= 0.6 is 0 Å². The third-order valence-corrected chi connectivity index (χ3v) is 9.44. The van der Waals surface area contributed by atoms with E-state index in [9.17, 15) is 20.4 Å². The van der Waals surface area contributed by atoms with E-state index in [0.29, 0.717) is 49.2 Å². The molecule has 0 radical (unpaired) electrons. The summed E-state index contributed by atoms with van der Waals surface area (Å²) < 4.78 is 5.63. The van der Waals surface area contributed by atoms with Gasteiger partial charge in [-0.3, -0.25) is 0 Å². The van der Waals surface area contributed by atoms with Gasteiger partial charge in [-0.05, 0) is 99.5 Å². The maximum Gasteiger partial charge on any atom is 0.114 e. The SMILES string of the molecule is C=C1/C(=C\C=C2/CCC[C@@]3(C)C2CC[C@@H]3[C@H](C)CC[C@@H](O)C(C)(C)O)C[C@@H](O)[C@@H](OCCCO)[C@@H]1O. The van der Waals surface area contributed by atoms with Crippen molar-refractivity contribution in [2.45, 2.75) is 115 Å². The van der Waals surface area contributed by atoms with Crippen LogP contribution in [0.25, 0.3) is 0 Å². The molecule has 3 saturated carbocycles. The fraction of sp³-hybridized carbons (Fsp3) is 0.800. The van der Waals surface area contributed by atoms with E-state index < -0.39 is 30.0 Å². The summed E-state index contributed by atoms with van der Waals surface area (Å²) in [6, 6.07) is 0. The van der Waals surface area contributed by atoms with Crippen LogP contribution in [0, 0.1) is 23.2 Å². The van der Waals surface area contributed by atoms with Gasteiger partial charge in [0.2, 0.25) is 0 Å². The van der Waals surface area contributed by atoms with Gasteiger partial charge in [0.25, 0.3) is 0 Å². The van der Waals surface area contributed by atoms with Crippen LogP contribution in [0.2, 0.25) is 0 Å². The van der Waals surface area contributed by atoms with Crippen LogP contribution in [0.15, 0.2) is 35.5 Å². The smallest absolute Gasteiger partial charge is 0.114 e. The maximum absolute atomic E-state index is 10.7. The normalized spacial score (nSPS) is 37.4. The molecule has 0 aromatic rings.